The van der Waals surface area contributed by atoms with Crippen molar-refractivity contribution >= 4 is 40.7 Å². The van der Waals surface area contributed by atoms with Crippen LogP contribution < -0.4 is 0 Å². The molecule has 0 bridgehead atoms. The lowest BCUT2D eigenvalue weighted by Gasteiger charge is -2.18. The second-order valence-electron chi connectivity index (χ2n) is 4.39. The van der Waals surface area contributed by atoms with Gasteiger partial charge in [0.15, 0.2) is 0 Å². The molecule has 20 heavy (non-hydrogen) atoms. The Balaban J connectivity index is 2.16. The molecule has 0 radical (unpaired) electrons. The van der Waals surface area contributed by atoms with Crippen molar-refractivity contribution in [2.45, 2.75) is 6.54 Å². The molecule has 1 amide bonds. The summed E-state index contributed by atoms with van der Waals surface area (Å²) in [6.45, 7) is 0.471. The second kappa shape index (κ2) is 6.49. The average molecular weight is 329 g/mol. The molecule has 0 saturated carbocycles. The van der Waals surface area contributed by atoms with Gasteiger partial charge in [0, 0.05) is 18.6 Å². The molecule has 0 aliphatic heterocycles. The maximum Gasteiger partial charge on any atom is 0.255 e. The summed E-state index contributed by atoms with van der Waals surface area (Å²) in [7, 11) is 1.72. The van der Waals surface area contributed by atoms with Crippen LogP contribution in [0, 0.1) is 0 Å². The van der Waals surface area contributed by atoms with E-state index in [2.05, 4.69) is 0 Å². The van der Waals surface area contributed by atoms with Gasteiger partial charge in [0.25, 0.3) is 5.91 Å². The Morgan fingerprint density at radius 1 is 1.05 bits per heavy atom. The first-order valence-corrected chi connectivity index (χ1v) is 7.06. The largest absolute Gasteiger partial charge is 0.337 e. The van der Waals surface area contributed by atoms with Crippen molar-refractivity contribution in [1.82, 2.24) is 4.90 Å². The number of benzene rings is 2. The molecule has 0 aliphatic rings. The van der Waals surface area contributed by atoms with Crippen LogP contribution in [0.1, 0.15) is 15.9 Å². The molecule has 0 saturated heterocycles. The molecular formula is C15H12Cl3NO. The number of carbonyl (C=O) groups excluding carboxylic acids is 1. The SMILES string of the molecule is CN(Cc1ccc(Cl)cc1)C(=O)c1cccc(Cl)c1Cl. The highest BCUT2D eigenvalue weighted by Gasteiger charge is 2.16. The summed E-state index contributed by atoms with van der Waals surface area (Å²) in [6.07, 6.45) is 0. The molecule has 2 nitrogen and oxygen atoms in total. The van der Waals surface area contributed by atoms with Crippen molar-refractivity contribution in [3.63, 3.8) is 0 Å². The van der Waals surface area contributed by atoms with E-state index < -0.39 is 0 Å². The summed E-state index contributed by atoms with van der Waals surface area (Å²) in [5, 5.41) is 1.32. The number of hydrogen-bond donors (Lipinski definition) is 0. The fourth-order valence-electron chi connectivity index (χ4n) is 1.81. The van der Waals surface area contributed by atoms with E-state index >= 15 is 0 Å². The summed E-state index contributed by atoms with van der Waals surface area (Å²) in [5.41, 5.74) is 1.39. The third-order valence-electron chi connectivity index (χ3n) is 2.86. The predicted molar refractivity (Wildman–Crippen MR) is 83.7 cm³/mol. The number of hydrogen-bond acceptors (Lipinski definition) is 1. The highest BCUT2D eigenvalue weighted by Crippen LogP contribution is 2.26. The van der Waals surface area contributed by atoms with Gasteiger partial charge in [0.2, 0.25) is 0 Å². The van der Waals surface area contributed by atoms with Crippen molar-refractivity contribution in [3.8, 4) is 0 Å². The Morgan fingerprint density at radius 2 is 1.70 bits per heavy atom. The first kappa shape index (κ1) is 15.2. The molecular weight excluding hydrogens is 317 g/mol. The van der Waals surface area contributed by atoms with E-state index in [-0.39, 0.29) is 10.9 Å². The predicted octanol–water partition coefficient (Wildman–Crippen LogP) is 4.92. The highest BCUT2D eigenvalue weighted by atomic mass is 35.5. The lowest BCUT2D eigenvalue weighted by molar-refractivity contribution is 0.0785. The Bertz CT molecular complexity index is 626. The minimum Gasteiger partial charge on any atom is -0.337 e. The summed E-state index contributed by atoms with van der Waals surface area (Å²) >= 11 is 17.8. The molecule has 0 spiro atoms. The molecule has 0 atom stereocenters. The summed E-state index contributed by atoms with van der Waals surface area (Å²) < 4.78 is 0. The van der Waals surface area contributed by atoms with Gasteiger partial charge >= 0.3 is 0 Å². The molecule has 2 aromatic carbocycles. The fraction of sp³-hybridized carbons (Fsp3) is 0.133. The molecule has 2 aromatic rings. The van der Waals surface area contributed by atoms with E-state index in [4.69, 9.17) is 34.8 Å². The Labute approximate surface area is 132 Å². The maximum absolute atomic E-state index is 12.3. The standard InChI is InChI=1S/C15H12Cl3NO/c1-19(9-10-5-7-11(16)8-6-10)15(20)12-3-2-4-13(17)14(12)18/h2-8H,9H2,1H3. The molecule has 0 fully saturated rings. The van der Waals surface area contributed by atoms with Crippen LogP contribution >= 0.6 is 34.8 Å². The van der Waals surface area contributed by atoms with Gasteiger partial charge in [-0.25, -0.2) is 0 Å². The van der Waals surface area contributed by atoms with Gasteiger partial charge in [0.1, 0.15) is 0 Å². The minimum absolute atomic E-state index is 0.174. The monoisotopic (exact) mass is 327 g/mol. The lowest BCUT2D eigenvalue weighted by Crippen LogP contribution is -2.26. The summed E-state index contributed by atoms with van der Waals surface area (Å²) in [4.78, 5) is 13.9. The van der Waals surface area contributed by atoms with Crippen molar-refractivity contribution in [3.05, 3.63) is 68.7 Å². The van der Waals surface area contributed by atoms with Crippen LogP contribution in [0.25, 0.3) is 0 Å². The lowest BCUT2D eigenvalue weighted by atomic mass is 10.1. The van der Waals surface area contributed by atoms with Gasteiger partial charge < -0.3 is 4.90 Å². The van der Waals surface area contributed by atoms with Crippen LogP contribution in [0.4, 0.5) is 0 Å². The topological polar surface area (TPSA) is 20.3 Å². The van der Waals surface area contributed by atoms with E-state index in [0.29, 0.717) is 22.2 Å². The zero-order valence-corrected chi connectivity index (χ0v) is 13.0. The normalized spacial score (nSPS) is 10.4. The fourth-order valence-corrected chi connectivity index (χ4v) is 2.32. The van der Waals surface area contributed by atoms with Gasteiger partial charge in [-0.1, -0.05) is 53.0 Å². The number of carbonyl (C=O) groups is 1. The Hall–Kier alpha value is -1.22. The van der Waals surface area contributed by atoms with Crippen molar-refractivity contribution < 1.29 is 4.79 Å². The zero-order chi connectivity index (χ0) is 14.7. The Kier molecular flexibility index (Phi) is 4.92. The van der Waals surface area contributed by atoms with Crippen LogP contribution in [0.5, 0.6) is 0 Å². The van der Waals surface area contributed by atoms with Crippen LogP contribution in [0.2, 0.25) is 15.1 Å². The van der Waals surface area contributed by atoms with Gasteiger partial charge in [-0.15, -0.1) is 0 Å². The number of rotatable bonds is 3. The zero-order valence-electron chi connectivity index (χ0n) is 10.7. The highest BCUT2D eigenvalue weighted by molar-refractivity contribution is 6.43. The quantitative estimate of drug-likeness (QED) is 0.783. The average Bonchev–Trinajstić information content (AvgIpc) is 2.43. The van der Waals surface area contributed by atoms with Gasteiger partial charge in [-0.05, 0) is 29.8 Å². The van der Waals surface area contributed by atoms with Crippen LogP contribution in [0.3, 0.4) is 0 Å². The van der Waals surface area contributed by atoms with E-state index in [1.54, 1.807) is 42.3 Å². The first-order valence-electron chi connectivity index (χ1n) is 5.93. The van der Waals surface area contributed by atoms with Gasteiger partial charge in [0.05, 0.1) is 15.6 Å². The second-order valence-corrected chi connectivity index (χ2v) is 5.61. The van der Waals surface area contributed by atoms with Gasteiger partial charge in [-0.3, -0.25) is 4.79 Å². The molecule has 0 heterocycles. The van der Waals surface area contributed by atoms with E-state index in [1.165, 1.54) is 0 Å². The third-order valence-corrected chi connectivity index (χ3v) is 3.93. The maximum atomic E-state index is 12.3. The summed E-state index contributed by atoms with van der Waals surface area (Å²) in [5.74, 6) is -0.174. The number of halogens is 3. The molecule has 104 valence electrons. The van der Waals surface area contributed by atoms with E-state index in [1.807, 2.05) is 12.1 Å². The molecule has 0 unspecified atom stereocenters. The Morgan fingerprint density at radius 3 is 2.35 bits per heavy atom. The molecule has 5 heteroatoms. The smallest absolute Gasteiger partial charge is 0.255 e. The summed E-state index contributed by atoms with van der Waals surface area (Å²) in [6, 6.07) is 12.4. The van der Waals surface area contributed by atoms with Crippen molar-refractivity contribution in [2.75, 3.05) is 7.05 Å². The van der Waals surface area contributed by atoms with Crippen molar-refractivity contribution in [1.29, 1.82) is 0 Å². The van der Waals surface area contributed by atoms with Crippen LogP contribution in [-0.4, -0.2) is 17.9 Å². The number of nitrogens with zero attached hydrogens (tertiary/aromatic N) is 1. The van der Waals surface area contributed by atoms with Crippen molar-refractivity contribution in [2.24, 2.45) is 0 Å². The molecule has 0 N–H and O–H groups in total. The van der Waals surface area contributed by atoms with Gasteiger partial charge in [-0.2, -0.15) is 0 Å². The molecule has 0 aromatic heterocycles. The number of amides is 1. The van der Waals surface area contributed by atoms with E-state index in [9.17, 15) is 4.79 Å². The first-order chi connectivity index (χ1) is 9.49. The minimum atomic E-state index is -0.174. The van der Waals surface area contributed by atoms with E-state index in [0.717, 1.165) is 5.56 Å². The molecule has 0 aliphatic carbocycles. The third kappa shape index (κ3) is 3.45. The van der Waals surface area contributed by atoms with Crippen LogP contribution in [-0.2, 0) is 6.54 Å². The van der Waals surface area contributed by atoms with Crippen LogP contribution in [0.15, 0.2) is 42.5 Å². The molecule has 2 rings (SSSR count).